The van der Waals surface area contributed by atoms with Crippen LogP contribution in [0.25, 0.3) is 0 Å². The summed E-state index contributed by atoms with van der Waals surface area (Å²) in [7, 11) is -8.79. The number of hydrogen-bond donors (Lipinski definition) is 0. The summed E-state index contributed by atoms with van der Waals surface area (Å²) in [5.74, 6) is 0.980. The van der Waals surface area contributed by atoms with Crippen LogP contribution in [0.5, 0.6) is 0 Å². The van der Waals surface area contributed by atoms with Crippen molar-refractivity contribution in [1.29, 1.82) is 0 Å². The summed E-state index contributed by atoms with van der Waals surface area (Å²) in [4.78, 5) is 40.3. The van der Waals surface area contributed by atoms with Crippen molar-refractivity contribution in [3.63, 3.8) is 0 Å². The highest BCUT2D eigenvalue weighted by Gasteiger charge is 2.60. The fraction of sp³-hybridized carbons (Fsp3) is 0.696. The number of nitrogens with zero attached hydrogens (tertiary/aromatic N) is 7. The molecule has 0 bridgehead atoms. The lowest BCUT2D eigenvalue weighted by Crippen LogP contribution is -2.50. The zero-order chi connectivity index (χ0) is 47.0. The Kier molecular flexibility index (Phi) is 12.2. The second-order valence-corrected chi connectivity index (χ2v) is 28.8. The molecule has 19 heteroatoms. The van der Waals surface area contributed by atoms with Gasteiger partial charge in [0.1, 0.15) is 5.60 Å². The first kappa shape index (κ1) is 47.5. The number of hydrogen-bond acceptors (Lipinski definition) is 13. The Hall–Kier alpha value is -3.97. The van der Waals surface area contributed by atoms with E-state index < -0.39 is 35.1 Å². The summed E-state index contributed by atoms with van der Waals surface area (Å²) < 4.78 is 75.8. The zero-order valence-electron chi connectivity index (χ0n) is 39.3. The lowest BCUT2D eigenvalue weighted by atomic mass is 9.71. The van der Waals surface area contributed by atoms with Crippen molar-refractivity contribution in [2.24, 2.45) is 21.7 Å². The number of fused-ring (bicyclic) bond motifs is 2. The van der Waals surface area contributed by atoms with Gasteiger partial charge >= 0.3 is 12.1 Å². The van der Waals surface area contributed by atoms with Crippen LogP contribution in [0.3, 0.4) is 0 Å². The second kappa shape index (κ2) is 16.7. The molecule has 0 saturated carbocycles. The number of ether oxygens (including phenoxy) is 1. The van der Waals surface area contributed by atoms with E-state index in [0.29, 0.717) is 52.4 Å². The third-order valence-corrected chi connectivity index (χ3v) is 20.4. The maximum absolute atomic E-state index is 13.1. The Morgan fingerprint density at radius 1 is 0.431 bits per heavy atom. The standard InChI is InChI=1S/C23H34N4O5S2.C23H35N3O4S/c1-22-15-26(20-5-3-19(4-6-20)24-7-11-33(29,30)12-8-24)16-23(22,2)18-27(17-22)21(28)25-9-13-34(31,32)14-10-25;1-21(2,3)30-20(27)26-16-22(4)14-25(15-23(22,5)17-26)19-8-6-18(7-9-19)24-10-12-31(28,29)13-11-24/h3-6H,7-18H2,1-2H3;6-9H,10-17H2,1-5H3/t2*22-,23+. The molecule has 0 N–H and O–H groups in total. The molecule has 0 spiro atoms. The molecule has 0 aromatic heterocycles. The summed E-state index contributed by atoms with van der Waals surface area (Å²) in [5.41, 5.74) is 3.87. The van der Waals surface area contributed by atoms with Gasteiger partial charge in [-0.3, -0.25) is 0 Å². The Morgan fingerprint density at radius 3 is 1.02 bits per heavy atom. The van der Waals surface area contributed by atoms with E-state index in [1.165, 1.54) is 5.69 Å². The van der Waals surface area contributed by atoms with Gasteiger partial charge in [0.2, 0.25) is 0 Å². The highest BCUT2D eigenvalue weighted by molar-refractivity contribution is 7.92. The molecule has 16 nitrogen and oxygen atoms in total. The van der Waals surface area contributed by atoms with Gasteiger partial charge in [-0.05, 0) is 69.3 Å². The van der Waals surface area contributed by atoms with Gasteiger partial charge in [-0.15, -0.1) is 0 Å². The first-order chi connectivity index (χ1) is 30.2. The monoisotopic (exact) mass is 959 g/mol. The van der Waals surface area contributed by atoms with Crippen molar-refractivity contribution in [1.82, 2.24) is 14.7 Å². The minimum absolute atomic E-state index is 0.00377. The second-order valence-electron chi connectivity index (χ2n) is 21.9. The molecule has 7 aliphatic rings. The molecular weight excluding hydrogens is 891 g/mol. The molecule has 0 radical (unpaired) electrons. The van der Waals surface area contributed by atoms with Crippen molar-refractivity contribution in [2.75, 3.05) is 146 Å². The van der Waals surface area contributed by atoms with Crippen LogP contribution in [0.4, 0.5) is 32.3 Å². The highest BCUT2D eigenvalue weighted by Crippen LogP contribution is 2.54. The Balaban J connectivity index is 0.000000178. The SMILES string of the molecule is CC(C)(C)OC(=O)N1C[C@@]2(C)CN(c3ccc(N4CCS(=O)(=O)CC4)cc3)C[C@@]2(C)C1.C[C@@]12CN(C(=O)N3CCS(=O)(=O)CC3)C[C@]1(C)CN(c1ccc(N3CCS(=O)(=O)CC3)cc1)C2. The van der Waals surface area contributed by atoms with Crippen molar-refractivity contribution < 1.29 is 39.6 Å². The molecule has 4 atom stereocenters. The minimum Gasteiger partial charge on any atom is -0.444 e. The van der Waals surface area contributed by atoms with Gasteiger partial charge in [0.05, 0.1) is 34.5 Å². The van der Waals surface area contributed by atoms with Crippen LogP contribution in [0, 0.1) is 21.7 Å². The fourth-order valence-electron chi connectivity index (χ4n) is 11.1. The van der Waals surface area contributed by atoms with Gasteiger partial charge in [-0.1, -0.05) is 27.7 Å². The van der Waals surface area contributed by atoms with Crippen molar-refractivity contribution in [3.05, 3.63) is 48.5 Å². The lowest BCUT2D eigenvalue weighted by molar-refractivity contribution is 0.0269. The summed E-state index contributed by atoms with van der Waals surface area (Å²) >= 11 is 0. The van der Waals surface area contributed by atoms with Crippen molar-refractivity contribution in [2.45, 2.75) is 54.1 Å². The first-order valence-corrected chi connectivity index (χ1v) is 28.5. The molecule has 360 valence electrons. The van der Waals surface area contributed by atoms with Gasteiger partial charge in [0.15, 0.2) is 29.5 Å². The quantitative estimate of drug-likeness (QED) is 0.433. The summed E-state index contributed by atoms with van der Waals surface area (Å²) in [5, 5.41) is 0. The molecule has 65 heavy (non-hydrogen) atoms. The Morgan fingerprint density at radius 2 is 0.708 bits per heavy atom. The number of carbonyl (C=O) groups excluding carboxylic acids is 2. The van der Waals surface area contributed by atoms with E-state index in [1.54, 1.807) is 4.90 Å². The van der Waals surface area contributed by atoms with Crippen molar-refractivity contribution >= 4 is 64.4 Å². The molecule has 9 rings (SSSR count). The van der Waals surface area contributed by atoms with E-state index in [4.69, 9.17) is 4.74 Å². The van der Waals surface area contributed by atoms with Crippen LogP contribution in [0.1, 0.15) is 48.5 Å². The number of benzene rings is 2. The van der Waals surface area contributed by atoms with Crippen molar-refractivity contribution in [3.8, 4) is 0 Å². The third-order valence-electron chi connectivity index (χ3n) is 15.6. The normalized spacial score (nSPS) is 31.6. The van der Waals surface area contributed by atoms with Gasteiger partial charge in [0.25, 0.3) is 0 Å². The van der Waals surface area contributed by atoms with Gasteiger partial charge in [-0.25, -0.2) is 34.8 Å². The largest absolute Gasteiger partial charge is 0.444 e. The summed E-state index contributed by atoms with van der Waals surface area (Å²) in [6.07, 6.45) is -0.219. The van der Waals surface area contributed by atoms with Crippen LogP contribution >= 0.6 is 0 Å². The van der Waals surface area contributed by atoms with Gasteiger partial charge in [-0.2, -0.15) is 0 Å². The third kappa shape index (κ3) is 9.88. The number of anilines is 4. The van der Waals surface area contributed by atoms with E-state index in [1.807, 2.05) is 30.6 Å². The molecule has 7 saturated heterocycles. The van der Waals surface area contributed by atoms with Crippen LogP contribution in [-0.4, -0.2) is 184 Å². The minimum atomic E-state index is -3.01. The molecule has 0 unspecified atom stereocenters. The molecule has 2 aromatic rings. The number of amides is 3. The number of urea groups is 1. The molecule has 7 aliphatic heterocycles. The molecule has 0 aliphatic carbocycles. The molecule has 7 fully saturated rings. The fourth-order valence-corrected chi connectivity index (χ4v) is 14.7. The van der Waals surface area contributed by atoms with Crippen LogP contribution in [0.15, 0.2) is 48.5 Å². The van der Waals surface area contributed by atoms with Crippen LogP contribution < -0.4 is 19.6 Å². The summed E-state index contributed by atoms with van der Waals surface area (Å²) in [6.45, 7) is 23.8. The van der Waals surface area contributed by atoms with E-state index in [9.17, 15) is 34.8 Å². The number of sulfone groups is 3. The van der Waals surface area contributed by atoms with Gasteiger partial charge in [0, 0.05) is 136 Å². The molecule has 2 aromatic carbocycles. The van der Waals surface area contributed by atoms with Crippen LogP contribution in [0.2, 0.25) is 0 Å². The average Bonchev–Trinajstić information content (AvgIpc) is 3.83. The van der Waals surface area contributed by atoms with E-state index in [2.05, 4.69) is 95.8 Å². The smallest absolute Gasteiger partial charge is 0.410 e. The maximum atomic E-state index is 13.1. The van der Waals surface area contributed by atoms with E-state index >= 15 is 0 Å². The Bertz CT molecular complexity index is 2400. The lowest BCUT2D eigenvalue weighted by Gasteiger charge is -2.33. The molecule has 3 amide bonds. The van der Waals surface area contributed by atoms with Crippen LogP contribution in [-0.2, 0) is 34.2 Å². The van der Waals surface area contributed by atoms with E-state index in [0.717, 1.165) is 43.2 Å². The van der Waals surface area contributed by atoms with E-state index in [-0.39, 0.29) is 81.4 Å². The average molecular weight is 960 g/mol. The predicted molar refractivity (Wildman–Crippen MR) is 256 cm³/mol. The molecule has 7 heterocycles. The first-order valence-electron chi connectivity index (χ1n) is 23.0. The predicted octanol–water partition coefficient (Wildman–Crippen LogP) is 3.92. The van der Waals surface area contributed by atoms with Gasteiger partial charge < -0.3 is 39.0 Å². The number of rotatable bonds is 4. The highest BCUT2D eigenvalue weighted by atomic mass is 32.2. The number of likely N-dealkylation sites (tertiary alicyclic amines) is 2. The zero-order valence-corrected chi connectivity index (χ0v) is 41.7. The Labute approximate surface area is 386 Å². The summed E-state index contributed by atoms with van der Waals surface area (Å²) in [6, 6.07) is 16.8. The maximum Gasteiger partial charge on any atom is 0.410 e. The topological polar surface area (TPSA) is 168 Å². The molecular formula is C46H69N7O9S3. The number of carbonyl (C=O) groups is 2.